The van der Waals surface area contributed by atoms with Crippen molar-refractivity contribution in [2.24, 2.45) is 0 Å². The molecule has 0 atom stereocenters. The van der Waals surface area contributed by atoms with Crippen molar-refractivity contribution in [2.45, 2.75) is 0 Å². The van der Waals surface area contributed by atoms with Crippen LogP contribution < -0.4 is 10.6 Å². The molecule has 0 saturated heterocycles. The lowest BCUT2D eigenvalue weighted by Crippen LogP contribution is -2.19. The number of fused-ring (bicyclic) bond motifs is 2. The number of carbonyl (C=O) groups is 1. The number of imidazole rings is 1. The van der Waals surface area contributed by atoms with E-state index >= 15 is 0 Å². The van der Waals surface area contributed by atoms with Gasteiger partial charge in [-0.3, -0.25) is 14.3 Å². The quantitative estimate of drug-likeness (QED) is 0.426. The molecule has 0 spiro atoms. The first-order chi connectivity index (χ1) is 16.3. The fourth-order valence-corrected chi connectivity index (χ4v) is 4.06. The van der Waals surface area contributed by atoms with E-state index in [1.807, 2.05) is 83.4 Å². The van der Waals surface area contributed by atoms with Crippen LogP contribution in [-0.4, -0.2) is 25.4 Å². The summed E-state index contributed by atoms with van der Waals surface area (Å²) in [7, 11) is 0. The Morgan fingerprint density at radius 3 is 2.27 bits per heavy atom. The van der Waals surface area contributed by atoms with Gasteiger partial charge in [-0.15, -0.1) is 0 Å². The van der Waals surface area contributed by atoms with Crippen LogP contribution in [0.5, 0.6) is 0 Å². The minimum atomic E-state index is -0.250. The van der Waals surface area contributed by atoms with Crippen LogP contribution in [0.25, 0.3) is 33.9 Å². The van der Waals surface area contributed by atoms with Crippen LogP contribution in [0.3, 0.4) is 0 Å². The molecule has 7 heteroatoms. The molecule has 158 valence electrons. The molecule has 1 amide bonds. The third-order valence-corrected chi connectivity index (χ3v) is 5.53. The third kappa shape index (κ3) is 3.23. The molecule has 2 N–H and O–H groups in total. The smallest absolute Gasteiger partial charge is 0.274 e. The Balaban J connectivity index is 1.71. The summed E-state index contributed by atoms with van der Waals surface area (Å²) in [6, 6.07) is 25.2. The van der Waals surface area contributed by atoms with Crippen LogP contribution in [0.1, 0.15) is 5.56 Å². The molecule has 6 rings (SSSR count). The molecule has 3 heterocycles. The van der Waals surface area contributed by atoms with Gasteiger partial charge in [-0.05, 0) is 24.3 Å². The fraction of sp³-hybridized carbons (Fsp3) is 0. The molecule has 0 aliphatic carbocycles. The van der Waals surface area contributed by atoms with Crippen molar-refractivity contribution in [3.63, 3.8) is 0 Å². The number of hydrogen-bond acceptors (Lipinski definition) is 5. The Morgan fingerprint density at radius 1 is 0.758 bits per heavy atom. The van der Waals surface area contributed by atoms with Crippen LogP contribution in [0.2, 0.25) is 0 Å². The minimum Gasteiger partial charge on any atom is -0.351 e. The summed E-state index contributed by atoms with van der Waals surface area (Å²) in [6.07, 6.45) is 4.88. The molecule has 0 fully saturated rings. The molecule has 0 unspecified atom stereocenters. The Hall–Kier alpha value is -4.78. The molecule has 2 aromatic heterocycles. The number of hydrogen-bond donors (Lipinski definition) is 2. The van der Waals surface area contributed by atoms with Crippen molar-refractivity contribution in [1.29, 1.82) is 0 Å². The van der Waals surface area contributed by atoms with E-state index in [2.05, 4.69) is 20.6 Å². The summed E-state index contributed by atoms with van der Waals surface area (Å²) in [6.45, 7) is 0. The Kier molecular flexibility index (Phi) is 4.43. The Bertz CT molecular complexity index is 1520. The molecular weight excluding hydrogens is 412 g/mol. The second-order valence-electron chi connectivity index (χ2n) is 7.56. The number of aromatic nitrogens is 4. The average molecular weight is 430 g/mol. The molecule has 1 aliphatic rings. The Morgan fingerprint density at radius 2 is 1.48 bits per heavy atom. The van der Waals surface area contributed by atoms with Crippen molar-refractivity contribution < 1.29 is 4.79 Å². The van der Waals surface area contributed by atoms with E-state index in [1.165, 1.54) is 0 Å². The largest absolute Gasteiger partial charge is 0.351 e. The van der Waals surface area contributed by atoms with Gasteiger partial charge in [0.1, 0.15) is 11.4 Å². The highest BCUT2D eigenvalue weighted by Crippen LogP contribution is 2.36. The van der Waals surface area contributed by atoms with Crippen LogP contribution in [0.4, 0.5) is 11.4 Å². The van der Waals surface area contributed by atoms with Crippen LogP contribution >= 0.6 is 0 Å². The van der Waals surface area contributed by atoms with Crippen LogP contribution in [-0.2, 0) is 4.79 Å². The van der Waals surface area contributed by atoms with Gasteiger partial charge in [0, 0.05) is 18.0 Å². The number of nitrogens with one attached hydrogen (secondary N) is 2. The first-order valence-corrected chi connectivity index (χ1v) is 10.5. The van der Waals surface area contributed by atoms with E-state index in [0.717, 1.165) is 22.3 Å². The first-order valence-electron chi connectivity index (χ1n) is 10.5. The summed E-state index contributed by atoms with van der Waals surface area (Å²) < 4.78 is 1.86. The fourth-order valence-electron chi connectivity index (χ4n) is 4.06. The monoisotopic (exact) mass is 430 g/mol. The van der Waals surface area contributed by atoms with Crippen molar-refractivity contribution in [2.75, 3.05) is 10.6 Å². The molecule has 0 saturated carbocycles. The lowest BCUT2D eigenvalue weighted by molar-refractivity contribution is -0.111. The number of carbonyl (C=O) groups excluding carboxylic acids is 1. The SMILES string of the molecule is O=C1Nc2ccccc2NC(c2ccccc2)=C1n1c(-c2cnccn2)nc2ccccc21. The van der Waals surface area contributed by atoms with Gasteiger partial charge in [0.15, 0.2) is 5.82 Å². The molecule has 0 radical (unpaired) electrons. The molecular formula is C26H18N6O. The second-order valence-corrected chi connectivity index (χ2v) is 7.56. The zero-order valence-corrected chi connectivity index (χ0v) is 17.4. The predicted octanol–water partition coefficient (Wildman–Crippen LogP) is 4.88. The van der Waals surface area contributed by atoms with Gasteiger partial charge in [0.2, 0.25) is 0 Å². The van der Waals surface area contributed by atoms with E-state index in [0.29, 0.717) is 28.6 Å². The molecule has 7 nitrogen and oxygen atoms in total. The first kappa shape index (κ1) is 18.9. The summed E-state index contributed by atoms with van der Waals surface area (Å²) in [5.74, 6) is 0.287. The minimum absolute atomic E-state index is 0.250. The molecule has 0 bridgehead atoms. The van der Waals surface area contributed by atoms with Gasteiger partial charge >= 0.3 is 0 Å². The topological polar surface area (TPSA) is 84.7 Å². The second kappa shape index (κ2) is 7.72. The number of para-hydroxylation sites is 4. The third-order valence-electron chi connectivity index (χ3n) is 5.53. The number of benzene rings is 3. The van der Waals surface area contributed by atoms with Crippen LogP contribution in [0.15, 0.2) is 97.5 Å². The van der Waals surface area contributed by atoms with E-state index in [1.54, 1.807) is 18.6 Å². The number of anilines is 2. The molecule has 1 aliphatic heterocycles. The van der Waals surface area contributed by atoms with Gasteiger partial charge in [-0.25, -0.2) is 9.97 Å². The molecule has 5 aromatic rings. The zero-order valence-electron chi connectivity index (χ0n) is 17.4. The van der Waals surface area contributed by atoms with Gasteiger partial charge in [-0.1, -0.05) is 54.6 Å². The highest BCUT2D eigenvalue weighted by Gasteiger charge is 2.28. The lowest BCUT2D eigenvalue weighted by Gasteiger charge is -2.17. The van der Waals surface area contributed by atoms with Crippen LogP contribution in [0, 0.1) is 0 Å². The molecule has 33 heavy (non-hydrogen) atoms. The average Bonchev–Trinajstić information content (AvgIpc) is 3.18. The number of nitrogens with zero attached hydrogens (tertiary/aromatic N) is 4. The van der Waals surface area contributed by atoms with E-state index in [4.69, 9.17) is 4.98 Å². The Labute approximate surface area is 189 Å². The zero-order chi connectivity index (χ0) is 22.2. The summed E-state index contributed by atoms with van der Waals surface area (Å²) in [4.78, 5) is 27.3. The predicted molar refractivity (Wildman–Crippen MR) is 129 cm³/mol. The number of amides is 1. The van der Waals surface area contributed by atoms with E-state index in [9.17, 15) is 4.79 Å². The van der Waals surface area contributed by atoms with Crippen molar-refractivity contribution in [3.8, 4) is 11.5 Å². The maximum atomic E-state index is 13.8. The maximum absolute atomic E-state index is 13.8. The van der Waals surface area contributed by atoms with Gasteiger partial charge < -0.3 is 10.6 Å². The maximum Gasteiger partial charge on any atom is 0.274 e. The van der Waals surface area contributed by atoms with E-state index < -0.39 is 0 Å². The van der Waals surface area contributed by atoms with Crippen molar-refractivity contribution in [1.82, 2.24) is 19.5 Å². The van der Waals surface area contributed by atoms with Gasteiger partial charge in [-0.2, -0.15) is 0 Å². The van der Waals surface area contributed by atoms with Crippen molar-refractivity contribution in [3.05, 3.63) is 103 Å². The normalized spacial score (nSPS) is 13.3. The summed E-state index contributed by atoms with van der Waals surface area (Å²) >= 11 is 0. The van der Waals surface area contributed by atoms with Gasteiger partial charge in [0.05, 0.1) is 34.3 Å². The highest BCUT2D eigenvalue weighted by molar-refractivity contribution is 6.31. The van der Waals surface area contributed by atoms with Gasteiger partial charge in [0.25, 0.3) is 5.91 Å². The standard InChI is InChI=1S/C26H18N6O/c33-26-24(23(17-8-2-1-3-9-17)29-18-10-4-5-11-19(18)31-26)32-22-13-7-6-12-20(22)30-25(32)21-16-27-14-15-28-21/h1-16,29H,(H,31,33). The van der Waals surface area contributed by atoms with Crippen molar-refractivity contribution >= 4 is 39.7 Å². The number of rotatable bonds is 3. The molecule has 3 aromatic carbocycles. The van der Waals surface area contributed by atoms with E-state index in [-0.39, 0.29) is 5.91 Å². The summed E-state index contributed by atoms with van der Waals surface area (Å²) in [5.41, 5.74) is 5.61. The summed E-state index contributed by atoms with van der Waals surface area (Å²) in [5, 5.41) is 6.56. The highest BCUT2D eigenvalue weighted by atomic mass is 16.2. The lowest BCUT2D eigenvalue weighted by atomic mass is 10.1.